The molecule has 0 spiro atoms. The smallest absolute Gasteiger partial charge is 0.0508 e. The van der Waals surface area contributed by atoms with Crippen LogP contribution in [0.3, 0.4) is 0 Å². The molecule has 1 aromatic carbocycles. The Hall–Kier alpha value is -0.230. The van der Waals surface area contributed by atoms with Crippen molar-refractivity contribution in [2.45, 2.75) is 19.0 Å². The molecule has 1 fully saturated rings. The maximum atomic E-state index is 11.4. The third kappa shape index (κ3) is 3.20. The highest BCUT2D eigenvalue weighted by Crippen LogP contribution is 2.30. The summed E-state index contributed by atoms with van der Waals surface area (Å²) in [4.78, 5) is 2.35. The monoisotopic (exact) mass is 330 g/mol. The highest BCUT2D eigenvalue weighted by molar-refractivity contribution is 9.10. The summed E-state index contributed by atoms with van der Waals surface area (Å²) < 4.78 is 12.5. The Bertz CT molecular complexity index is 429. The van der Waals surface area contributed by atoms with Gasteiger partial charge in [-0.05, 0) is 18.6 Å². The van der Waals surface area contributed by atoms with Gasteiger partial charge in [0.2, 0.25) is 0 Å². The third-order valence-electron chi connectivity index (χ3n) is 3.33. The summed E-state index contributed by atoms with van der Waals surface area (Å²) in [6, 6.07) is 8.46. The van der Waals surface area contributed by atoms with Crippen molar-refractivity contribution in [2.24, 2.45) is 5.73 Å². The van der Waals surface area contributed by atoms with Gasteiger partial charge in [0.05, 0.1) is 6.04 Å². The first kappa shape index (κ1) is 14.2. The molecule has 2 rings (SSSR count). The van der Waals surface area contributed by atoms with Crippen LogP contribution in [-0.2, 0) is 10.8 Å². The molecule has 2 N–H and O–H groups in total. The first-order chi connectivity index (χ1) is 8.59. The first-order valence-corrected chi connectivity index (χ1v) is 8.46. The van der Waals surface area contributed by atoms with Crippen molar-refractivity contribution in [1.29, 1.82) is 0 Å². The van der Waals surface area contributed by atoms with Gasteiger partial charge in [0.15, 0.2) is 0 Å². The second-order valence-corrected chi connectivity index (χ2v) is 7.26. The van der Waals surface area contributed by atoms with Crippen LogP contribution in [0.4, 0.5) is 0 Å². The number of hydrogen-bond acceptors (Lipinski definition) is 3. The predicted molar refractivity (Wildman–Crippen MR) is 80.0 cm³/mol. The number of halogens is 1. The van der Waals surface area contributed by atoms with Crippen molar-refractivity contribution in [1.82, 2.24) is 4.90 Å². The highest BCUT2D eigenvalue weighted by atomic mass is 79.9. The second-order valence-electron chi connectivity index (χ2n) is 4.71. The number of nitrogens with zero attached hydrogens (tertiary/aromatic N) is 1. The molecule has 0 aromatic heterocycles. The van der Waals surface area contributed by atoms with E-state index >= 15 is 0 Å². The summed E-state index contributed by atoms with van der Waals surface area (Å²) in [5.74, 6) is 1.52. The van der Waals surface area contributed by atoms with E-state index in [0.29, 0.717) is 0 Å². The molecule has 100 valence electrons. The molecule has 0 saturated carbocycles. The number of rotatable bonds is 3. The van der Waals surface area contributed by atoms with Crippen LogP contribution in [0.25, 0.3) is 0 Å². The predicted octanol–water partition coefficient (Wildman–Crippen LogP) is 1.90. The summed E-state index contributed by atoms with van der Waals surface area (Å²) in [6.07, 6.45) is 0. The lowest BCUT2D eigenvalue weighted by Gasteiger charge is -2.37. The third-order valence-corrected chi connectivity index (χ3v) is 5.33. The summed E-state index contributed by atoms with van der Waals surface area (Å²) >= 11 is 3.60. The number of benzene rings is 1. The van der Waals surface area contributed by atoms with E-state index in [1.165, 1.54) is 5.56 Å². The van der Waals surface area contributed by atoms with E-state index in [4.69, 9.17) is 5.73 Å². The van der Waals surface area contributed by atoms with Crippen molar-refractivity contribution >= 4 is 26.7 Å². The number of hydrogen-bond donors (Lipinski definition) is 1. The molecule has 3 nitrogen and oxygen atoms in total. The zero-order valence-corrected chi connectivity index (χ0v) is 12.9. The van der Waals surface area contributed by atoms with E-state index in [9.17, 15) is 4.21 Å². The van der Waals surface area contributed by atoms with Crippen LogP contribution in [0.5, 0.6) is 0 Å². The van der Waals surface area contributed by atoms with Crippen molar-refractivity contribution in [3.05, 3.63) is 34.3 Å². The first-order valence-electron chi connectivity index (χ1n) is 6.18. The van der Waals surface area contributed by atoms with E-state index < -0.39 is 10.8 Å². The average molecular weight is 331 g/mol. The van der Waals surface area contributed by atoms with E-state index in [0.717, 1.165) is 29.1 Å². The van der Waals surface area contributed by atoms with Gasteiger partial charge in [-0.2, -0.15) is 0 Å². The fourth-order valence-electron chi connectivity index (χ4n) is 2.46. The van der Waals surface area contributed by atoms with Gasteiger partial charge in [-0.3, -0.25) is 9.11 Å². The van der Waals surface area contributed by atoms with Crippen LogP contribution in [-0.4, -0.2) is 39.7 Å². The van der Waals surface area contributed by atoms with E-state index in [1.54, 1.807) is 0 Å². The highest BCUT2D eigenvalue weighted by Gasteiger charge is 2.28. The van der Waals surface area contributed by atoms with E-state index in [-0.39, 0.29) is 12.1 Å². The largest absolute Gasteiger partial charge is 0.326 e. The van der Waals surface area contributed by atoms with Gasteiger partial charge in [0.1, 0.15) is 0 Å². The minimum atomic E-state index is -0.647. The van der Waals surface area contributed by atoms with Crippen molar-refractivity contribution in [3.63, 3.8) is 0 Å². The SMILES string of the molecule is CC(N)C(c1ccccc1Br)N1CCS(=O)CC1. The maximum absolute atomic E-state index is 11.4. The van der Waals surface area contributed by atoms with Crippen molar-refractivity contribution in [3.8, 4) is 0 Å². The lowest BCUT2D eigenvalue weighted by Crippen LogP contribution is -2.46. The van der Waals surface area contributed by atoms with Crippen LogP contribution in [0.15, 0.2) is 28.7 Å². The van der Waals surface area contributed by atoms with Gasteiger partial charge in [-0.1, -0.05) is 34.1 Å². The maximum Gasteiger partial charge on any atom is 0.0508 e. The molecule has 1 aliphatic heterocycles. The molecule has 0 radical (unpaired) electrons. The quantitative estimate of drug-likeness (QED) is 0.920. The fraction of sp³-hybridized carbons (Fsp3) is 0.538. The summed E-state index contributed by atoms with van der Waals surface area (Å²) in [5, 5.41) is 0. The fourth-order valence-corrected chi connectivity index (χ4v) is 4.06. The van der Waals surface area contributed by atoms with Crippen LogP contribution < -0.4 is 5.73 Å². The molecule has 1 saturated heterocycles. The Morgan fingerprint density at radius 3 is 2.50 bits per heavy atom. The lowest BCUT2D eigenvalue weighted by molar-refractivity contribution is 0.192. The van der Waals surface area contributed by atoms with Gasteiger partial charge in [0, 0.05) is 45.9 Å². The van der Waals surface area contributed by atoms with E-state index in [1.807, 2.05) is 25.1 Å². The summed E-state index contributed by atoms with van der Waals surface area (Å²) in [6.45, 7) is 3.76. The van der Waals surface area contributed by atoms with Gasteiger partial charge in [0.25, 0.3) is 0 Å². The minimum Gasteiger partial charge on any atom is -0.326 e. The van der Waals surface area contributed by atoms with Gasteiger partial charge in [-0.15, -0.1) is 0 Å². The van der Waals surface area contributed by atoms with Crippen molar-refractivity contribution < 1.29 is 4.21 Å². The topological polar surface area (TPSA) is 46.3 Å². The molecule has 1 aliphatic rings. The van der Waals surface area contributed by atoms with E-state index in [2.05, 4.69) is 26.9 Å². The van der Waals surface area contributed by atoms with Crippen LogP contribution in [0, 0.1) is 0 Å². The molecule has 5 heteroatoms. The molecular formula is C13H19BrN2OS. The molecule has 1 aromatic rings. The van der Waals surface area contributed by atoms with Gasteiger partial charge >= 0.3 is 0 Å². The number of nitrogens with two attached hydrogens (primary N) is 1. The Morgan fingerprint density at radius 1 is 1.33 bits per heavy atom. The second kappa shape index (κ2) is 6.28. The molecule has 0 bridgehead atoms. The zero-order valence-electron chi connectivity index (χ0n) is 10.5. The molecule has 2 unspecified atom stereocenters. The molecule has 0 amide bonds. The van der Waals surface area contributed by atoms with Crippen LogP contribution in [0.1, 0.15) is 18.5 Å². The molecule has 0 aliphatic carbocycles. The lowest BCUT2D eigenvalue weighted by atomic mass is 9.99. The minimum absolute atomic E-state index is 0.0511. The molecular weight excluding hydrogens is 312 g/mol. The zero-order chi connectivity index (χ0) is 13.1. The molecule has 18 heavy (non-hydrogen) atoms. The average Bonchev–Trinajstić information content (AvgIpc) is 2.34. The standard InChI is InChI=1S/C13H19BrN2OS/c1-10(15)13(11-4-2-3-5-12(11)14)16-6-8-18(17)9-7-16/h2-5,10,13H,6-9,15H2,1H3. The Labute approximate surface area is 119 Å². The van der Waals surface area contributed by atoms with Crippen LogP contribution >= 0.6 is 15.9 Å². The summed E-state index contributed by atoms with van der Waals surface area (Å²) in [5.41, 5.74) is 7.39. The molecule has 2 atom stereocenters. The summed E-state index contributed by atoms with van der Waals surface area (Å²) in [7, 11) is -0.647. The Kier molecular flexibility index (Phi) is 4.95. The van der Waals surface area contributed by atoms with Gasteiger partial charge in [-0.25, -0.2) is 0 Å². The van der Waals surface area contributed by atoms with Crippen LogP contribution in [0.2, 0.25) is 0 Å². The Morgan fingerprint density at radius 2 is 1.94 bits per heavy atom. The Balaban J connectivity index is 2.24. The van der Waals surface area contributed by atoms with Crippen molar-refractivity contribution in [2.75, 3.05) is 24.6 Å². The van der Waals surface area contributed by atoms with Gasteiger partial charge < -0.3 is 5.73 Å². The normalized spacial score (nSPS) is 21.7. The molecule has 1 heterocycles.